The zero-order valence-corrected chi connectivity index (χ0v) is 12.8. The predicted molar refractivity (Wildman–Crippen MR) is 85.4 cm³/mol. The molecule has 1 aromatic heterocycles. The van der Waals surface area contributed by atoms with Crippen LogP contribution < -0.4 is 0 Å². The van der Waals surface area contributed by atoms with E-state index < -0.39 is 18.6 Å². The van der Waals surface area contributed by atoms with Crippen LogP contribution in [0.5, 0.6) is 0 Å². The lowest BCUT2D eigenvalue weighted by molar-refractivity contribution is -0.157. The van der Waals surface area contributed by atoms with Gasteiger partial charge in [-0.3, -0.25) is 4.79 Å². The van der Waals surface area contributed by atoms with E-state index in [1.807, 2.05) is 30.3 Å². The minimum Gasteiger partial charge on any atom is -0.326 e. The topological polar surface area (TPSA) is 38.1 Å². The lowest BCUT2D eigenvalue weighted by Crippen LogP contribution is -2.38. The van der Waals surface area contributed by atoms with Gasteiger partial charge in [0.25, 0.3) is 0 Å². The van der Waals surface area contributed by atoms with Gasteiger partial charge in [-0.2, -0.15) is 18.3 Å². The van der Waals surface area contributed by atoms with Crippen molar-refractivity contribution < 1.29 is 18.0 Å². The summed E-state index contributed by atoms with van der Waals surface area (Å²) in [6.07, 6.45) is 2.54. The van der Waals surface area contributed by atoms with Crippen molar-refractivity contribution in [2.45, 2.75) is 6.18 Å². The predicted octanol–water partition coefficient (Wildman–Crippen LogP) is 3.46. The second-order valence-electron chi connectivity index (χ2n) is 5.01. The van der Waals surface area contributed by atoms with Crippen LogP contribution >= 0.6 is 0 Å². The van der Waals surface area contributed by atoms with Crippen molar-refractivity contribution >= 4 is 12.0 Å². The Morgan fingerprint density at radius 3 is 2.62 bits per heavy atom. The first-order valence-corrected chi connectivity index (χ1v) is 7.14. The molecule has 0 spiro atoms. The Bertz CT molecular complexity index is 720. The van der Waals surface area contributed by atoms with E-state index in [1.54, 1.807) is 10.9 Å². The number of rotatable bonds is 6. The summed E-state index contributed by atoms with van der Waals surface area (Å²) in [4.78, 5) is 12.6. The van der Waals surface area contributed by atoms with Gasteiger partial charge in [0.15, 0.2) is 0 Å². The maximum Gasteiger partial charge on any atom is 0.406 e. The number of benzene rings is 1. The molecule has 0 atom stereocenters. The van der Waals surface area contributed by atoms with E-state index in [1.165, 1.54) is 18.3 Å². The van der Waals surface area contributed by atoms with Crippen LogP contribution in [0, 0.1) is 0 Å². The third-order valence-electron chi connectivity index (χ3n) is 3.07. The molecule has 0 N–H and O–H groups in total. The van der Waals surface area contributed by atoms with E-state index in [2.05, 4.69) is 11.7 Å². The zero-order chi connectivity index (χ0) is 17.6. The van der Waals surface area contributed by atoms with E-state index in [9.17, 15) is 18.0 Å². The van der Waals surface area contributed by atoms with Crippen molar-refractivity contribution in [1.29, 1.82) is 0 Å². The number of hydrogen-bond donors (Lipinski definition) is 0. The van der Waals surface area contributed by atoms with Gasteiger partial charge in [-0.25, -0.2) is 4.68 Å². The molecule has 1 heterocycles. The van der Waals surface area contributed by atoms with Crippen molar-refractivity contribution in [2.75, 3.05) is 13.1 Å². The number of halogens is 3. The summed E-state index contributed by atoms with van der Waals surface area (Å²) in [7, 11) is 0. The van der Waals surface area contributed by atoms with E-state index in [4.69, 9.17) is 0 Å². The average Bonchev–Trinajstić information content (AvgIpc) is 3.01. The molecule has 0 fully saturated rings. The zero-order valence-electron chi connectivity index (χ0n) is 12.8. The third-order valence-corrected chi connectivity index (χ3v) is 3.07. The van der Waals surface area contributed by atoms with E-state index in [0.717, 1.165) is 11.8 Å². The lowest BCUT2D eigenvalue weighted by Gasteiger charge is -2.20. The summed E-state index contributed by atoms with van der Waals surface area (Å²) in [6.45, 7) is 1.88. The van der Waals surface area contributed by atoms with Gasteiger partial charge in [-0.15, -0.1) is 6.58 Å². The molecule has 0 bridgehead atoms. The van der Waals surface area contributed by atoms with Gasteiger partial charge < -0.3 is 4.90 Å². The summed E-state index contributed by atoms with van der Waals surface area (Å²) < 4.78 is 39.0. The minimum absolute atomic E-state index is 0.175. The standard InChI is InChI=1S/C17H16F3N3O/c1-2-10-22(13-17(18,19)20)16(24)9-8-14-11-21-23(12-14)15-6-4-3-5-7-15/h2-9,11-12H,1,10,13H2/b9-8+. The molecule has 0 aliphatic rings. The maximum atomic E-state index is 12.5. The van der Waals surface area contributed by atoms with Crippen LogP contribution in [-0.2, 0) is 4.79 Å². The van der Waals surface area contributed by atoms with Crippen LogP contribution in [0.3, 0.4) is 0 Å². The fourth-order valence-corrected chi connectivity index (χ4v) is 2.02. The Morgan fingerprint density at radius 1 is 1.29 bits per heavy atom. The van der Waals surface area contributed by atoms with Crippen molar-refractivity contribution in [3.05, 3.63) is 67.0 Å². The largest absolute Gasteiger partial charge is 0.406 e. The van der Waals surface area contributed by atoms with Crippen LogP contribution in [0.4, 0.5) is 13.2 Å². The smallest absolute Gasteiger partial charge is 0.326 e. The van der Waals surface area contributed by atoms with Gasteiger partial charge in [0.05, 0.1) is 11.9 Å². The van der Waals surface area contributed by atoms with Crippen LogP contribution in [-0.4, -0.2) is 39.9 Å². The van der Waals surface area contributed by atoms with Crippen molar-refractivity contribution in [1.82, 2.24) is 14.7 Å². The molecule has 0 saturated carbocycles. The molecular weight excluding hydrogens is 319 g/mol. The highest BCUT2D eigenvalue weighted by molar-refractivity contribution is 5.91. The molecule has 0 aliphatic carbocycles. The highest BCUT2D eigenvalue weighted by Gasteiger charge is 2.31. The normalized spacial score (nSPS) is 11.6. The quantitative estimate of drug-likeness (QED) is 0.599. The van der Waals surface area contributed by atoms with Gasteiger partial charge in [-0.1, -0.05) is 24.3 Å². The summed E-state index contributed by atoms with van der Waals surface area (Å²) in [5, 5.41) is 4.15. The Kier molecular flexibility index (Phi) is 5.57. The number of aromatic nitrogens is 2. The van der Waals surface area contributed by atoms with Gasteiger partial charge in [0, 0.05) is 24.4 Å². The molecular formula is C17H16F3N3O. The number of nitrogens with zero attached hydrogens (tertiary/aromatic N) is 3. The summed E-state index contributed by atoms with van der Waals surface area (Å²) in [5.74, 6) is -0.736. The first-order chi connectivity index (χ1) is 11.4. The van der Waals surface area contributed by atoms with Crippen LogP contribution in [0.2, 0.25) is 0 Å². The SMILES string of the molecule is C=CCN(CC(F)(F)F)C(=O)/C=C/c1cnn(-c2ccccc2)c1. The van der Waals surface area contributed by atoms with Crippen molar-refractivity contribution in [3.63, 3.8) is 0 Å². The molecule has 0 radical (unpaired) electrons. The Balaban J connectivity index is 2.07. The molecule has 0 saturated heterocycles. The maximum absolute atomic E-state index is 12.5. The second-order valence-corrected chi connectivity index (χ2v) is 5.01. The highest BCUT2D eigenvalue weighted by Crippen LogP contribution is 2.17. The van der Waals surface area contributed by atoms with Crippen LogP contribution in [0.25, 0.3) is 11.8 Å². The Hall–Kier alpha value is -2.83. The number of para-hydroxylation sites is 1. The molecule has 4 nitrogen and oxygen atoms in total. The first-order valence-electron chi connectivity index (χ1n) is 7.14. The molecule has 1 amide bonds. The number of carbonyl (C=O) groups is 1. The molecule has 2 rings (SSSR count). The monoisotopic (exact) mass is 335 g/mol. The van der Waals surface area contributed by atoms with Gasteiger partial charge in [0.2, 0.25) is 5.91 Å². The highest BCUT2D eigenvalue weighted by atomic mass is 19.4. The Labute approximate surface area is 137 Å². The van der Waals surface area contributed by atoms with Crippen LogP contribution in [0.1, 0.15) is 5.56 Å². The third kappa shape index (κ3) is 5.12. The first kappa shape index (κ1) is 17.5. The molecule has 24 heavy (non-hydrogen) atoms. The molecule has 2 aromatic rings. The molecule has 1 aromatic carbocycles. The number of amides is 1. The van der Waals surface area contributed by atoms with Crippen LogP contribution in [0.15, 0.2) is 61.5 Å². The summed E-state index contributed by atoms with van der Waals surface area (Å²) >= 11 is 0. The minimum atomic E-state index is -4.45. The van der Waals surface area contributed by atoms with Gasteiger partial charge in [0.1, 0.15) is 6.54 Å². The number of carbonyl (C=O) groups excluding carboxylic acids is 1. The second kappa shape index (κ2) is 7.63. The summed E-state index contributed by atoms with van der Waals surface area (Å²) in [5.41, 5.74) is 1.45. The lowest BCUT2D eigenvalue weighted by atomic mass is 10.3. The van der Waals surface area contributed by atoms with Gasteiger partial charge in [-0.05, 0) is 18.2 Å². The molecule has 0 aliphatic heterocycles. The fourth-order valence-electron chi connectivity index (χ4n) is 2.02. The van der Waals surface area contributed by atoms with Crippen molar-refractivity contribution in [3.8, 4) is 5.69 Å². The van der Waals surface area contributed by atoms with E-state index in [-0.39, 0.29) is 6.54 Å². The average molecular weight is 335 g/mol. The molecule has 126 valence electrons. The molecule has 0 unspecified atom stereocenters. The van der Waals surface area contributed by atoms with E-state index >= 15 is 0 Å². The van der Waals surface area contributed by atoms with Crippen molar-refractivity contribution in [2.24, 2.45) is 0 Å². The number of alkyl halides is 3. The Morgan fingerprint density at radius 2 is 2.00 bits per heavy atom. The molecule has 7 heteroatoms. The van der Waals surface area contributed by atoms with E-state index in [0.29, 0.717) is 10.5 Å². The fraction of sp³-hybridized carbons (Fsp3) is 0.176. The van der Waals surface area contributed by atoms with Gasteiger partial charge >= 0.3 is 6.18 Å². The summed E-state index contributed by atoms with van der Waals surface area (Å²) in [6, 6.07) is 9.32. The number of hydrogen-bond acceptors (Lipinski definition) is 2.